The van der Waals surface area contributed by atoms with Gasteiger partial charge in [0.05, 0.1) is 0 Å². The van der Waals surface area contributed by atoms with E-state index in [1.54, 1.807) is 0 Å². The van der Waals surface area contributed by atoms with Crippen molar-refractivity contribution in [2.24, 2.45) is 0 Å². The average molecular weight is 352 g/mol. The zero-order valence-corrected chi connectivity index (χ0v) is 10.3. The Labute approximate surface area is 108 Å². The van der Waals surface area contributed by atoms with Gasteiger partial charge in [0.25, 0.3) is 0 Å². The van der Waals surface area contributed by atoms with Crippen LogP contribution in [0.2, 0.25) is 0 Å². The van der Waals surface area contributed by atoms with Crippen molar-refractivity contribution in [2.45, 2.75) is 0 Å². The normalized spacial score (nSPS) is 7.50. The van der Waals surface area contributed by atoms with Crippen molar-refractivity contribution in [3.63, 3.8) is 0 Å². The summed E-state index contributed by atoms with van der Waals surface area (Å²) in [6.07, 6.45) is 0. The number of rotatable bonds is 0. The van der Waals surface area contributed by atoms with Crippen molar-refractivity contribution in [3.8, 4) is 0 Å². The monoisotopic (exact) mass is 352 g/mol. The van der Waals surface area contributed by atoms with E-state index in [1.165, 1.54) is 0 Å². The van der Waals surface area contributed by atoms with E-state index in [4.69, 9.17) is 39.9 Å². The summed E-state index contributed by atoms with van der Waals surface area (Å²) < 4.78 is 76.0. The Kier molecular flexibility index (Phi) is 50.1. The first-order valence-electron chi connectivity index (χ1n) is 1.50. The molecule has 0 aromatic carbocycles. The fourth-order valence-electron chi connectivity index (χ4n) is 0. The van der Waals surface area contributed by atoms with Crippen LogP contribution < -0.4 is 0 Å². The molecule has 2 radical (unpaired) electrons. The molecule has 0 aliphatic rings. The molecule has 14 heteroatoms. The first kappa shape index (κ1) is 29.5. The van der Waals surface area contributed by atoms with Gasteiger partial charge >= 0.3 is 34.1 Å². The predicted molar refractivity (Wildman–Crippen MR) is 29.1 cm³/mol. The largest absolute Gasteiger partial charge is 3.00 e. The van der Waals surface area contributed by atoms with Crippen LogP contribution >= 0.6 is 0 Å². The molecule has 0 aliphatic heterocycles. The van der Waals surface area contributed by atoms with Gasteiger partial charge in [-0.25, -0.2) is 0 Å². The Hall–Kier alpha value is 1.25. The molecule has 0 bridgehead atoms. The van der Waals surface area contributed by atoms with Crippen LogP contribution in [-0.4, -0.2) is 39.9 Å². The van der Waals surface area contributed by atoms with E-state index in [-0.39, 0.29) is 34.1 Å². The van der Waals surface area contributed by atoms with E-state index in [0.29, 0.717) is 0 Å². The predicted octanol–water partition coefficient (Wildman–Crippen LogP) is -3.02. The summed E-state index contributed by atoms with van der Waals surface area (Å²) in [5.74, 6) is 0. The fraction of sp³-hybridized carbons (Fsp3) is 0. The molecule has 0 saturated carbocycles. The van der Waals surface area contributed by atoms with Crippen molar-refractivity contribution < 1.29 is 74.1 Å². The molecule has 0 aliphatic carbocycles. The maximum absolute atomic E-state index is 8.44. The fourth-order valence-corrected chi connectivity index (χ4v) is 0. The zero-order chi connectivity index (χ0) is 10.7. The molecule has 0 aromatic heterocycles. The molecule has 0 aromatic rings. The van der Waals surface area contributed by atoms with E-state index in [0.717, 1.165) is 0 Å². The zero-order valence-electron chi connectivity index (χ0n) is 5.61. The maximum atomic E-state index is 8.44. The summed E-state index contributed by atoms with van der Waals surface area (Å²) in [6, 6.07) is 0. The molecule has 14 heavy (non-hydrogen) atoms. The topological polar surface area (TPSA) is 190 Å². The van der Waals surface area contributed by atoms with E-state index >= 15 is 0 Å². The first-order chi connectivity index (χ1) is 5.20. The third-order valence-corrected chi connectivity index (χ3v) is 0. The van der Waals surface area contributed by atoms with E-state index in [9.17, 15) is 0 Å². The van der Waals surface area contributed by atoms with Gasteiger partial charge in [-0.2, -0.15) is 0 Å². The van der Waals surface area contributed by atoms with Crippen LogP contribution in [0.25, 0.3) is 0 Å². The molecule has 0 atom stereocenters. The quantitative estimate of drug-likeness (QED) is 0.322. The minimum atomic E-state index is -3.11. The SMILES string of the molecule is O=S([O-])[O-].O=S([O-])[O-].O=S([O-])[O-].[Fe+3].[Fe+3]. The Morgan fingerprint density at radius 3 is 0.500 bits per heavy atom. The van der Waals surface area contributed by atoms with Crippen LogP contribution in [0.4, 0.5) is 0 Å². The molecule has 0 rings (SSSR count). The molecule has 0 heterocycles. The molecular formula is Fe2O9S3. The van der Waals surface area contributed by atoms with E-state index in [2.05, 4.69) is 0 Å². The van der Waals surface area contributed by atoms with Gasteiger partial charge in [0.2, 0.25) is 0 Å². The number of hydrogen-bond donors (Lipinski definition) is 0. The van der Waals surface area contributed by atoms with Crippen LogP contribution in [0.1, 0.15) is 0 Å². The molecule has 88 valence electrons. The van der Waals surface area contributed by atoms with Crippen molar-refractivity contribution in [2.75, 3.05) is 0 Å². The van der Waals surface area contributed by atoms with Crippen LogP contribution in [0.5, 0.6) is 0 Å². The molecule has 0 unspecified atom stereocenters. The maximum Gasteiger partial charge on any atom is 3.00 e. The van der Waals surface area contributed by atoms with Gasteiger partial charge in [-0.05, 0) is 0 Å². The molecule has 0 spiro atoms. The Balaban J connectivity index is -0.0000000270. The molecule has 0 saturated heterocycles. The Morgan fingerprint density at radius 2 is 0.500 bits per heavy atom. The molecular weight excluding hydrogens is 352 g/mol. The summed E-state index contributed by atoms with van der Waals surface area (Å²) in [5.41, 5.74) is 0. The van der Waals surface area contributed by atoms with Crippen LogP contribution in [0.3, 0.4) is 0 Å². The van der Waals surface area contributed by atoms with Crippen molar-refractivity contribution in [3.05, 3.63) is 0 Å². The number of hydrogen-bond acceptors (Lipinski definition) is 9. The summed E-state index contributed by atoms with van der Waals surface area (Å²) in [6.45, 7) is 0. The van der Waals surface area contributed by atoms with Crippen molar-refractivity contribution >= 4 is 34.1 Å². The third kappa shape index (κ3) is 1270. The van der Waals surface area contributed by atoms with Gasteiger partial charge in [0.1, 0.15) is 0 Å². The second-order valence-electron chi connectivity index (χ2n) is 0.612. The van der Waals surface area contributed by atoms with Crippen LogP contribution in [0, 0.1) is 0 Å². The molecule has 9 nitrogen and oxygen atoms in total. The van der Waals surface area contributed by atoms with Crippen molar-refractivity contribution in [1.82, 2.24) is 0 Å². The van der Waals surface area contributed by atoms with E-state index in [1.807, 2.05) is 0 Å². The second-order valence-corrected chi connectivity index (χ2v) is 1.84. The van der Waals surface area contributed by atoms with Gasteiger partial charge in [-0.3, -0.25) is 12.6 Å². The van der Waals surface area contributed by atoms with Crippen LogP contribution in [0.15, 0.2) is 0 Å². The average Bonchev–Trinajstić information content (AvgIpc) is 1.54. The van der Waals surface area contributed by atoms with Crippen LogP contribution in [-0.2, 0) is 68.2 Å². The molecule has 0 N–H and O–H groups in total. The summed E-state index contributed by atoms with van der Waals surface area (Å²) in [4.78, 5) is 0. The third-order valence-electron chi connectivity index (χ3n) is 0. The van der Waals surface area contributed by atoms with Gasteiger partial charge in [-0.1, -0.05) is 0 Å². The van der Waals surface area contributed by atoms with Gasteiger partial charge in [-0.15, -0.1) is 34.1 Å². The summed E-state index contributed by atoms with van der Waals surface area (Å²) in [5, 5.41) is 0. The smallest absolute Gasteiger partial charge is 0.784 e. The standard InChI is InChI=1S/2Fe.3H2O3S/c;;3*1-4(2)3/h;;3*(H2,1,2,3)/q2*+3;;;/p-6. The molecule has 0 amide bonds. The first-order valence-corrected chi connectivity index (χ1v) is 4.50. The molecule has 0 fully saturated rings. The van der Waals surface area contributed by atoms with Crippen molar-refractivity contribution in [1.29, 1.82) is 0 Å². The Bertz CT molecular complexity index is 116. The Morgan fingerprint density at radius 1 is 0.500 bits per heavy atom. The van der Waals surface area contributed by atoms with E-state index < -0.39 is 34.1 Å². The van der Waals surface area contributed by atoms with Gasteiger partial charge < -0.3 is 27.3 Å². The minimum Gasteiger partial charge on any atom is -0.784 e. The van der Waals surface area contributed by atoms with Gasteiger partial charge in [0, 0.05) is 0 Å². The minimum absolute atomic E-state index is 0. The second kappa shape index (κ2) is 23.8. The summed E-state index contributed by atoms with van der Waals surface area (Å²) in [7, 11) is 0. The van der Waals surface area contributed by atoms with Gasteiger partial charge in [0.15, 0.2) is 0 Å². The summed E-state index contributed by atoms with van der Waals surface area (Å²) >= 11 is -9.33.